The number of nitrogens with two attached hydrogens (primary N) is 1. The average Bonchev–Trinajstić information content (AvgIpc) is 3.07. The lowest BCUT2D eigenvalue weighted by molar-refractivity contribution is -0.128. The van der Waals surface area contributed by atoms with Gasteiger partial charge in [0.1, 0.15) is 11.8 Å². The lowest BCUT2D eigenvalue weighted by Gasteiger charge is -2.25. The van der Waals surface area contributed by atoms with Crippen molar-refractivity contribution in [3.63, 3.8) is 0 Å². The van der Waals surface area contributed by atoms with Gasteiger partial charge >= 0.3 is 0 Å². The zero-order valence-corrected chi connectivity index (χ0v) is 26.9. The lowest BCUT2D eigenvalue weighted by atomic mass is 9.93. The highest BCUT2D eigenvalue weighted by atomic mass is 31.1. The fourth-order valence-electron chi connectivity index (χ4n) is 6.02. The Labute approximate surface area is 271 Å². The van der Waals surface area contributed by atoms with Crippen molar-refractivity contribution in [1.29, 1.82) is 0 Å². The monoisotopic (exact) mass is 624 g/mol. The molecule has 0 aromatic heterocycles. The molecule has 3 N–H and O–H groups in total. The van der Waals surface area contributed by atoms with Crippen LogP contribution in [0.5, 0.6) is 5.75 Å². The first kappa shape index (κ1) is 31.0. The summed E-state index contributed by atoms with van der Waals surface area (Å²) >= 11 is 0. The van der Waals surface area contributed by atoms with Crippen LogP contribution in [0.25, 0.3) is 32.7 Å². The molecular weight excluding hydrogens is 587 g/mol. The van der Waals surface area contributed by atoms with Gasteiger partial charge in [0.2, 0.25) is 5.91 Å². The number of carbonyl (C=O) groups is 2. The minimum atomic E-state index is -0.967. The molecule has 0 aliphatic heterocycles. The summed E-state index contributed by atoms with van der Waals surface area (Å²) in [5.74, 6) is -0.150. The van der Waals surface area contributed by atoms with Crippen LogP contribution in [0.15, 0.2) is 133 Å². The number of nitrogens with one attached hydrogen (secondary N) is 1. The van der Waals surface area contributed by atoms with E-state index in [0.29, 0.717) is 12.2 Å². The Morgan fingerprint density at radius 3 is 1.76 bits per heavy atom. The molecular formula is C40H37N2O3P. The van der Waals surface area contributed by atoms with Crippen molar-refractivity contribution in [2.24, 2.45) is 11.7 Å². The molecule has 0 unspecified atom stereocenters. The summed E-state index contributed by atoms with van der Waals surface area (Å²) in [4.78, 5) is 25.2. The summed E-state index contributed by atoms with van der Waals surface area (Å²) in [5, 5.41) is 10.8. The summed E-state index contributed by atoms with van der Waals surface area (Å²) in [6.07, 6.45) is 0.462. The summed E-state index contributed by atoms with van der Waals surface area (Å²) in [6.45, 7) is 3.72. The average molecular weight is 625 g/mol. The highest BCUT2D eigenvalue weighted by Crippen LogP contribution is 2.45. The molecule has 0 saturated carbocycles. The van der Waals surface area contributed by atoms with Crippen molar-refractivity contribution < 1.29 is 14.3 Å². The highest BCUT2D eigenvalue weighted by molar-refractivity contribution is 7.80. The molecule has 6 rings (SSSR count). The van der Waals surface area contributed by atoms with Gasteiger partial charge < -0.3 is 15.8 Å². The molecule has 0 saturated heterocycles. The molecule has 0 aliphatic rings. The lowest BCUT2D eigenvalue weighted by Crippen LogP contribution is -2.46. The van der Waals surface area contributed by atoms with Gasteiger partial charge in [-0.05, 0) is 63.8 Å². The standard InChI is InChI=1S/C40H37N2O3P/c1-27(2)25-34(40(41)44)42-37(43)26-45-35-23-21-28-13-9-11-19-32(28)38(35)39-33-20-12-10-14-29(33)22-24-36(39)46(30-15-5-3-6-16-30)31-17-7-4-8-18-31/h3-24,27,34H,25-26H2,1-2H3,(H2,41,44)(H,42,43)/t34-/m0/s1. The molecule has 5 nitrogen and oxygen atoms in total. The van der Waals surface area contributed by atoms with Crippen LogP contribution in [0.2, 0.25) is 0 Å². The number of benzene rings is 6. The number of amides is 2. The van der Waals surface area contributed by atoms with Gasteiger partial charge in [0.05, 0.1) is 0 Å². The van der Waals surface area contributed by atoms with Gasteiger partial charge in [-0.1, -0.05) is 141 Å². The van der Waals surface area contributed by atoms with Crippen molar-refractivity contribution in [1.82, 2.24) is 5.32 Å². The van der Waals surface area contributed by atoms with Crippen LogP contribution in [0.1, 0.15) is 20.3 Å². The predicted molar refractivity (Wildman–Crippen MR) is 192 cm³/mol. The molecule has 46 heavy (non-hydrogen) atoms. The van der Waals surface area contributed by atoms with Crippen molar-refractivity contribution >= 4 is 57.2 Å². The molecule has 0 radical (unpaired) electrons. The first-order chi connectivity index (χ1) is 22.4. The zero-order chi connectivity index (χ0) is 32.0. The van der Waals surface area contributed by atoms with Crippen LogP contribution in [-0.2, 0) is 9.59 Å². The van der Waals surface area contributed by atoms with Crippen LogP contribution in [0.4, 0.5) is 0 Å². The first-order valence-electron chi connectivity index (χ1n) is 15.6. The fraction of sp³-hybridized carbons (Fsp3) is 0.150. The van der Waals surface area contributed by atoms with Gasteiger partial charge in [0.25, 0.3) is 5.91 Å². The normalized spacial score (nSPS) is 12.0. The molecule has 2 amide bonds. The van der Waals surface area contributed by atoms with Gasteiger partial charge in [0.15, 0.2) is 6.61 Å². The Morgan fingerprint density at radius 1 is 0.674 bits per heavy atom. The highest BCUT2D eigenvalue weighted by Gasteiger charge is 2.26. The van der Waals surface area contributed by atoms with Gasteiger partial charge in [-0.3, -0.25) is 9.59 Å². The second-order valence-corrected chi connectivity index (χ2v) is 14.0. The van der Waals surface area contributed by atoms with Crippen molar-refractivity contribution in [3.8, 4) is 16.9 Å². The van der Waals surface area contributed by atoms with Crippen LogP contribution in [-0.4, -0.2) is 24.5 Å². The summed E-state index contributed by atoms with van der Waals surface area (Å²) in [5.41, 5.74) is 7.62. The van der Waals surface area contributed by atoms with Crippen LogP contribution in [0, 0.1) is 5.92 Å². The Balaban J connectivity index is 1.54. The summed E-state index contributed by atoms with van der Waals surface area (Å²) in [6, 6.07) is 45.7. The van der Waals surface area contributed by atoms with E-state index in [1.54, 1.807) is 0 Å². The second kappa shape index (κ2) is 14.0. The van der Waals surface area contributed by atoms with E-state index in [0.717, 1.165) is 32.7 Å². The Hall–Kier alpha value is -4.99. The third-order valence-corrected chi connectivity index (χ3v) is 10.5. The van der Waals surface area contributed by atoms with Crippen LogP contribution >= 0.6 is 7.92 Å². The minimum Gasteiger partial charge on any atom is -0.483 e. The first-order valence-corrected chi connectivity index (χ1v) is 16.9. The third kappa shape index (κ3) is 6.66. The third-order valence-electron chi connectivity index (χ3n) is 8.06. The minimum absolute atomic E-state index is 0.194. The number of ether oxygens (including phenoxy) is 1. The molecule has 6 heteroatoms. The predicted octanol–water partition coefficient (Wildman–Crippen LogP) is 6.81. The van der Waals surface area contributed by atoms with Crippen molar-refractivity contribution in [3.05, 3.63) is 133 Å². The van der Waals surface area contributed by atoms with Gasteiger partial charge in [-0.2, -0.15) is 0 Å². The maximum atomic E-state index is 13.1. The number of carbonyl (C=O) groups excluding carboxylic acids is 2. The molecule has 6 aromatic rings. The largest absolute Gasteiger partial charge is 0.483 e. The molecule has 230 valence electrons. The van der Waals surface area contributed by atoms with Crippen molar-refractivity contribution in [2.45, 2.75) is 26.3 Å². The van der Waals surface area contributed by atoms with E-state index in [1.165, 1.54) is 15.9 Å². The number of fused-ring (bicyclic) bond motifs is 2. The Morgan fingerprint density at radius 2 is 1.20 bits per heavy atom. The molecule has 1 atom stereocenters. The fourth-order valence-corrected chi connectivity index (χ4v) is 8.49. The summed E-state index contributed by atoms with van der Waals surface area (Å²) in [7, 11) is -0.967. The number of rotatable bonds is 11. The quantitative estimate of drug-likeness (QED) is 0.155. The number of hydrogen-bond acceptors (Lipinski definition) is 3. The van der Waals surface area contributed by atoms with E-state index in [2.05, 4.69) is 115 Å². The Bertz CT molecular complexity index is 1950. The molecule has 0 aliphatic carbocycles. The maximum Gasteiger partial charge on any atom is 0.258 e. The molecule has 6 aromatic carbocycles. The molecule has 0 spiro atoms. The maximum absolute atomic E-state index is 13.1. The Kier molecular flexibility index (Phi) is 9.42. The molecule has 0 heterocycles. The van der Waals surface area contributed by atoms with Crippen molar-refractivity contribution in [2.75, 3.05) is 6.61 Å². The van der Waals surface area contributed by atoms with E-state index < -0.39 is 25.8 Å². The summed E-state index contributed by atoms with van der Waals surface area (Å²) < 4.78 is 6.39. The van der Waals surface area contributed by atoms with Crippen LogP contribution < -0.4 is 31.7 Å². The van der Waals surface area contributed by atoms with E-state index in [1.807, 2.05) is 38.1 Å². The topological polar surface area (TPSA) is 81.4 Å². The van der Waals surface area contributed by atoms with Gasteiger partial charge in [-0.25, -0.2) is 0 Å². The second-order valence-electron chi connectivity index (χ2n) is 11.8. The van der Waals surface area contributed by atoms with E-state index in [4.69, 9.17) is 10.5 Å². The zero-order valence-electron chi connectivity index (χ0n) is 26.0. The van der Waals surface area contributed by atoms with Gasteiger partial charge in [-0.15, -0.1) is 0 Å². The van der Waals surface area contributed by atoms with Gasteiger partial charge in [0, 0.05) is 11.1 Å². The number of hydrogen-bond donors (Lipinski definition) is 2. The van der Waals surface area contributed by atoms with E-state index >= 15 is 0 Å². The molecule has 0 bridgehead atoms. The smallest absolute Gasteiger partial charge is 0.258 e. The van der Waals surface area contributed by atoms with Crippen LogP contribution in [0.3, 0.4) is 0 Å². The molecule has 0 fully saturated rings. The van der Waals surface area contributed by atoms with E-state index in [-0.39, 0.29) is 12.5 Å². The van der Waals surface area contributed by atoms with E-state index in [9.17, 15) is 9.59 Å². The SMILES string of the molecule is CC(C)C[C@H](NC(=O)COc1ccc2ccccc2c1-c1c(P(c2ccccc2)c2ccccc2)ccc2ccccc12)C(N)=O. The number of primary amides is 1.